The Bertz CT molecular complexity index is 1290. The number of carboxylic acids is 1. The molecule has 7 heteroatoms. The van der Waals surface area contributed by atoms with Crippen molar-refractivity contribution in [3.05, 3.63) is 59.6 Å². The van der Waals surface area contributed by atoms with E-state index in [0.717, 1.165) is 66.2 Å². The van der Waals surface area contributed by atoms with E-state index in [1.54, 1.807) is 0 Å². The zero-order valence-electron chi connectivity index (χ0n) is 20.7. The fraction of sp³-hybridized carbons (Fsp3) is 0.429. The molecular formula is C28H33N5O2. The number of imidazole rings is 1. The molecule has 0 bridgehead atoms. The van der Waals surface area contributed by atoms with Gasteiger partial charge in [0.1, 0.15) is 11.6 Å². The first-order valence-corrected chi connectivity index (χ1v) is 12.5. The van der Waals surface area contributed by atoms with Gasteiger partial charge in [-0.05, 0) is 59.9 Å². The molecule has 1 saturated heterocycles. The molecule has 7 nitrogen and oxygen atoms in total. The van der Waals surface area contributed by atoms with Crippen molar-refractivity contribution in [2.24, 2.45) is 16.3 Å². The lowest BCUT2D eigenvalue weighted by Gasteiger charge is -2.44. The fourth-order valence-electron chi connectivity index (χ4n) is 5.28. The molecule has 0 amide bonds. The quantitative estimate of drug-likeness (QED) is 0.499. The number of H-pyrrole nitrogens is 1. The molecule has 4 heterocycles. The van der Waals surface area contributed by atoms with Gasteiger partial charge in [0, 0.05) is 37.5 Å². The number of anilines is 1. The number of nitrogens with zero attached hydrogens (tertiary/aromatic N) is 4. The van der Waals surface area contributed by atoms with Crippen LogP contribution in [0.1, 0.15) is 63.0 Å². The van der Waals surface area contributed by atoms with Crippen LogP contribution in [0.3, 0.4) is 0 Å². The smallest absolute Gasteiger partial charge is 0.303 e. The Balaban J connectivity index is 1.24. The zero-order valence-corrected chi connectivity index (χ0v) is 20.7. The van der Waals surface area contributed by atoms with E-state index in [-0.39, 0.29) is 23.8 Å². The topological polar surface area (TPSA) is 94.5 Å². The van der Waals surface area contributed by atoms with Gasteiger partial charge in [-0.2, -0.15) is 0 Å². The third-order valence-electron chi connectivity index (χ3n) is 7.53. The van der Waals surface area contributed by atoms with Crippen LogP contribution in [0.2, 0.25) is 0 Å². The summed E-state index contributed by atoms with van der Waals surface area (Å²) in [5, 5.41) is 9.22. The summed E-state index contributed by atoms with van der Waals surface area (Å²) in [7, 11) is 0. The van der Waals surface area contributed by atoms with E-state index in [9.17, 15) is 9.90 Å². The number of aromatic amines is 1. The number of aryl methyl sites for hydroxylation is 1. The molecule has 2 aromatic heterocycles. The summed E-state index contributed by atoms with van der Waals surface area (Å²) in [6.07, 6.45) is 8.94. The average Bonchev–Trinajstić information content (AvgIpc) is 3.28. The van der Waals surface area contributed by atoms with Gasteiger partial charge in [0.25, 0.3) is 0 Å². The Morgan fingerprint density at radius 3 is 2.77 bits per heavy atom. The highest BCUT2D eigenvalue weighted by molar-refractivity contribution is 6.09. The van der Waals surface area contributed by atoms with Crippen LogP contribution in [-0.2, 0) is 11.2 Å². The van der Waals surface area contributed by atoms with E-state index in [0.29, 0.717) is 0 Å². The first-order chi connectivity index (χ1) is 16.8. The van der Waals surface area contributed by atoms with Crippen molar-refractivity contribution in [1.29, 1.82) is 0 Å². The Labute approximate surface area is 206 Å². The maximum absolute atomic E-state index is 11.2. The van der Waals surface area contributed by atoms with Gasteiger partial charge in [-0.15, -0.1) is 0 Å². The minimum absolute atomic E-state index is 0.0501. The van der Waals surface area contributed by atoms with Crippen molar-refractivity contribution in [3.63, 3.8) is 0 Å². The lowest BCUT2D eigenvalue weighted by molar-refractivity contribution is -0.139. The molecule has 2 N–H and O–H groups in total. The molecule has 0 spiro atoms. The molecule has 2 unspecified atom stereocenters. The number of dihydropyridines is 1. The first kappa shape index (κ1) is 23.3. The molecule has 0 radical (unpaired) electrons. The predicted molar refractivity (Wildman–Crippen MR) is 140 cm³/mol. The van der Waals surface area contributed by atoms with Gasteiger partial charge in [0.05, 0.1) is 17.1 Å². The van der Waals surface area contributed by atoms with E-state index < -0.39 is 5.97 Å². The molecule has 2 aliphatic rings. The molecule has 0 aliphatic carbocycles. The Kier molecular flexibility index (Phi) is 6.17. The normalized spacial score (nSPS) is 21.8. The van der Waals surface area contributed by atoms with Crippen molar-refractivity contribution < 1.29 is 9.90 Å². The number of piperidine rings is 1. The number of nitrogens with one attached hydrogen (secondary N) is 1. The van der Waals surface area contributed by atoms with Crippen molar-refractivity contribution in [3.8, 4) is 0 Å². The Morgan fingerprint density at radius 2 is 2.11 bits per heavy atom. The zero-order chi connectivity index (χ0) is 24.6. The highest BCUT2D eigenvalue weighted by Crippen LogP contribution is 2.38. The monoisotopic (exact) mass is 471 g/mol. The largest absolute Gasteiger partial charge is 0.481 e. The van der Waals surface area contributed by atoms with Crippen molar-refractivity contribution in [2.45, 2.75) is 52.5 Å². The van der Waals surface area contributed by atoms with Crippen molar-refractivity contribution in [2.75, 3.05) is 18.0 Å². The number of allylic oxidation sites excluding steroid dienone is 1. The summed E-state index contributed by atoms with van der Waals surface area (Å²) in [5.41, 5.74) is 5.38. The van der Waals surface area contributed by atoms with Crippen molar-refractivity contribution >= 4 is 34.6 Å². The van der Waals surface area contributed by atoms with Gasteiger partial charge in [-0.3, -0.25) is 9.79 Å². The molecule has 182 valence electrons. The van der Waals surface area contributed by atoms with Crippen LogP contribution in [0.5, 0.6) is 0 Å². The molecule has 5 rings (SSSR count). The SMILES string of the molecule is CCc1ccc2nc(C3=CCC(c4ccc(N5CCC(CC(=O)O)C(C)(C)C5)nc4)N=C3)[nH]c2c1. The lowest BCUT2D eigenvalue weighted by atomic mass is 9.72. The van der Waals surface area contributed by atoms with Crippen LogP contribution in [0.4, 0.5) is 5.82 Å². The summed E-state index contributed by atoms with van der Waals surface area (Å²) >= 11 is 0. The molecule has 3 aromatic rings. The third kappa shape index (κ3) is 4.85. The number of carbonyl (C=O) groups is 1. The second-order valence-corrected chi connectivity index (χ2v) is 10.4. The second kappa shape index (κ2) is 9.29. The van der Waals surface area contributed by atoms with Crippen molar-refractivity contribution in [1.82, 2.24) is 15.0 Å². The molecule has 2 aliphatic heterocycles. The minimum atomic E-state index is -0.713. The summed E-state index contributed by atoms with van der Waals surface area (Å²) < 4.78 is 0. The highest BCUT2D eigenvalue weighted by atomic mass is 16.4. The summed E-state index contributed by atoms with van der Waals surface area (Å²) in [4.78, 5) is 31.2. The molecular weight excluding hydrogens is 438 g/mol. The Morgan fingerprint density at radius 1 is 1.26 bits per heavy atom. The van der Waals surface area contributed by atoms with Crippen LogP contribution in [0.15, 0.2) is 47.6 Å². The number of fused-ring (bicyclic) bond motifs is 1. The Hall–Kier alpha value is -3.48. The van der Waals surface area contributed by atoms with Crippen LogP contribution >= 0.6 is 0 Å². The number of aliphatic carboxylic acids is 1. The summed E-state index contributed by atoms with van der Waals surface area (Å²) in [6.45, 7) is 8.11. The third-order valence-corrected chi connectivity index (χ3v) is 7.53. The predicted octanol–water partition coefficient (Wildman–Crippen LogP) is 5.45. The number of carboxylic acid groups (broad SMARTS) is 1. The molecule has 35 heavy (non-hydrogen) atoms. The number of pyridine rings is 1. The van der Waals surface area contributed by atoms with Crippen LogP contribution < -0.4 is 4.90 Å². The number of aromatic nitrogens is 3. The second-order valence-electron chi connectivity index (χ2n) is 10.4. The fourth-order valence-corrected chi connectivity index (χ4v) is 5.28. The summed E-state index contributed by atoms with van der Waals surface area (Å²) in [5.74, 6) is 1.28. The van der Waals surface area contributed by atoms with Crippen LogP contribution in [0, 0.1) is 11.3 Å². The molecule has 1 aromatic carbocycles. The minimum Gasteiger partial charge on any atom is -0.481 e. The standard InChI is InChI=1S/C28H33N5O2/c1-4-18-5-8-23-24(13-18)32-27(31-23)20-6-9-22(29-16-20)19-7-10-25(30-15-19)33-12-11-21(14-26(34)35)28(2,3)17-33/h5-8,10,13,15-16,21-22H,4,9,11-12,14,17H2,1-3H3,(H,31,32)(H,34,35). The number of hydrogen-bond donors (Lipinski definition) is 2. The van der Waals surface area contributed by atoms with E-state index in [2.05, 4.69) is 67.1 Å². The van der Waals surface area contributed by atoms with E-state index in [4.69, 9.17) is 15.0 Å². The van der Waals surface area contributed by atoms with Gasteiger partial charge in [-0.25, -0.2) is 9.97 Å². The van der Waals surface area contributed by atoms with Crippen LogP contribution in [0.25, 0.3) is 16.6 Å². The first-order valence-electron chi connectivity index (χ1n) is 12.5. The van der Waals surface area contributed by atoms with Gasteiger partial charge in [0.15, 0.2) is 0 Å². The average molecular weight is 472 g/mol. The molecule has 2 atom stereocenters. The van der Waals surface area contributed by atoms with E-state index in [1.807, 2.05) is 12.4 Å². The van der Waals surface area contributed by atoms with E-state index in [1.165, 1.54) is 5.56 Å². The lowest BCUT2D eigenvalue weighted by Crippen LogP contribution is -2.46. The number of rotatable bonds is 6. The van der Waals surface area contributed by atoms with Gasteiger partial charge in [-0.1, -0.05) is 39.0 Å². The van der Waals surface area contributed by atoms with Crippen LogP contribution in [-0.4, -0.2) is 45.3 Å². The van der Waals surface area contributed by atoms with Gasteiger partial charge < -0.3 is 15.0 Å². The van der Waals surface area contributed by atoms with E-state index >= 15 is 0 Å². The number of hydrogen-bond acceptors (Lipinski definition) is 5. The maximum Gasteiger partial charge on any atom is 0.303 e. The van der Waals surface area contributed by atoms with Gasteiger partial charge >= 0.3 is 5.97 Å². The van der Waals surface area contributed by atoms with Gasteiger partial charge in [0.2, 0.25) is 0 Å². The molecule has 0 saturated carbocycles. The maximum atomic E-state index is 11.2. The number of aliphatic imine (C=N–C) groups is 1. The summed E-state index contributed by atoms with van der Waals surface area (Å²) in [6, 6.07) is 10.6. The highest BCUT2D eigenvalue weighted by Gasteiger charge is 2.37. The number of benzene rings is 1. The molecule has 1 fully saturated rings.